The van der Waals surface area contributed by atoms with Crippen LogP contribution in [0.3, 0.4) is 0 Å². The highest BCUT2D eigenvalue weighted by atomic mass is 79.9. The summed E-state index contributed by atoms with van der Waals surface area (Å²) >= 11 is 14.4. The van der Waals surface area contributed by atoms with Crippen LogP contribution in [0.1, 0.15) is 11.1 Å². The fourth-order valence-corrected chi connectivity index (χ4v) is 2.27. The summed E-state index contributed by atoms with van der Waals surface area (Å²) < 4.78 is 6.76. The molecule has 0 fully saturated rings. The highest BCUT2D eigenvalue weighted by molar-refractivity contribution is 9.10. The number of nitrogens with two attached hydrogens (primary N) is 1. The molecule has 2 N–H and O–H groups in total. The first kappa shape index (κ1) is 14.3. The van der Waals surface area contributed by atoms with Gasteiger partial charge < -0.3 is 10.5 Å². The summed E-state index contributed by atoms with van der Waals surface area (Å²) in [5.41, 5.74) is 7.38. The Morgan fingerprint density at radius 3 is 2.63 bits per heavy atom. The number of benzene rings is 2. The average molecular weight is 357 g/mol. The topological polar surface area (TPSA) is 35.2 Å². The molecule has 0 unspecified atom stereocenters. The molecule has 19 heavy (non-hydrogen) atoms. The van der Waals surface area contributed by atoms with Gasteiger partial charge in [-0.1, -0.05) is 45.8 Å². The van der Waals surface area contributed by atoms with E-state index in [4.69, 9.17) is 34.3 Å². The number of hydrogen-bond acceptors (Lipinski definition) is 2. The monoisotopic (exact) mass is 355 g/mol. The van der Waals surface area contributed by atoms with Crippen LogP contribution in [0.5, 0.6) is 11.5 Å². The third-order valence-corrected chi connectivity index (χ3v) is 3.53. The molecule has 2 rings (SSSR count). The Kier molecular flexibility index (Phi) is 4.45. The van der Waals surface area contributed by atoms with E-state index in [1.165, 1.54) is 0 Å². The third kappa shape index (κ3) is 3.47. The van der Waals surface area contributed by atoms with Crippen molar-refractivity contribution in [1.29, 1.82) is 0 Å². The minimum atomic E-state index is 0.288. The Morgan fingerprint density at radius 1 is 1.21 bits per heavy atom. The van der Waals surface area contributed by atoms with Gasteiger partial charge in [-0.05, 0) is 42.8 Å². The van der Waals surface area contributed by atoms with E-state index in [9.17, 15) is 0 Å². The Bertz CT molecular complexity index is 645. The van der Waals surface area contributed by atoms with E-state index in [0.717, 1.165) is 10.0 Å². The van der Waals surface area contributed by atoms with E-state index < -0.39 is 0 Å². The van der Waals surface area contributed by atoms with E-state index in [0.29, 0.717) is 22.1 Å². The van der Waals surface area contributed by atoms with Crippen LogP contribution in [0, 0.1) is 6.92 Å². The molecule has 0 heterocycles. The van der Waals surface area contributed by atoms with Gasteiger partial charge in [-0.3, -0.25) is 0 Å². The Hall–Kier alpha value is -1.10. The molecule has 0 bridgehead atoms. The summed E-state index contributed by atoms with van der Waals surface area (Å²) in [6.07, 6.45) is 0. The first-order valence-corrected chi connectivity index (χ1v) is 7.08. The van der Waals surface area contributed by atoms with E-state index in [2.05, 4.69) is 15.9 Å². The van der Waals surface area contributed by atoms with E-state index in [-0.39, 0.29) is 4.99 Å². The molecule has 0 amide bonds. The van der Waals surface area contributed by atoms with Gasteiger partial charge in [0.25, 0.3) is 0 Å². The number of hydrogen-bond donors (Lipinski definition) is 1. The molecule has 0 aromatic heterocycles. The predicted molar refractivity (Wildman–Crippen MR) is 86.3 cm³/mol. The van der Waals surface area contributed by atoms with Crippen molar-refractivity contribution in [2.24, 2.45) is 5.73 Å². The smallest absolute Gasteiger partial charge is 0.137 e. The highest BCUT2D eigenvalue weighted by Crippen LogP contribution is 2.31. The summed E-state index contributed by atoms with van der Waals surface area (Å²) in [7, 11) is 0. The molecule has 0 radical (unpaired) electrons. The molecule has 2 aromatic carbocycles. The summed E-state index contributed by atoms with van der Waals surface area (Å²) in [6.45, 7) is 1.95. The highest BCUT2D eigenvalue weighted by Gasteiger charge is 2.10. The largest absolute Gasteiger partial charge is 0.456 e. The van der Waals surface area contributed by atoms with Crippen LogP contribution in [0.25, 0.3) is 0 Å². The van der Waals surface area contributed by atoms with E-state index >= 15 is 0 Å². The first-order valence-electron chi connectivity index (χ1n) is 5.51. The van der Waals surface area contributed by atoms with Gasteiger partial charge in [0.05, 0.1) is 5.56 Å². The van der Waals surface area contributed by atoms with Crippen LogP contribution in [-0.4, -0.2) is 4.99 Å². The Labute approximate surface area is 130 Å². The lowest BCUT2D eigenvalue weighted by Crippen LogP contribution is -2.10. The maximum absolute atomic E-state index is 5.97. The molecule has 0 aliphatic heterocycles. The maximum atomic E-state index is 5.97. The molecule has 0 spiro atoms. The zero-order valence-corrected chi connectivity index (χ0v) is 13.3. The van der Waals surface area contributed by atoms with E-state index in [1.807, 2.05) is 37.3 Å². The van der Waals surface area contributed by atoms with Crippen molar-refractivity contribution in [3.05, 3.63) is 57.0 Å². The van der Waals surface area contributed by atoms with Crippen LogP contribution in [0.2, 0.25) is 5.02 Å². The second-order valence-electron chi connectivity index (χ2n) is 4.02. The molecular weight excluding hydrogens is 346 g/mol. The molecule has 0 saturated carbocycles. The number of rotatable bonds is 3. The standard InChI is InChI=1S/C14H11BrClNOS/c1-8-2-4-10(16)7-13(8)18-12-5-3-9(15)6-11(12)14(17)19/h2-7H,1H3,(H2,17,19). The minimum Gasteiger partial charge on any atom is -0.456 e. The fourth-order valence-electron chi connectivity index (χ4n) is 1.59. The fraction of sp³-hybridized carbons (Fsp3) is 0.0714. The van der Waals surface area contributed by atoms with Crippen molar-refractivity contribution < 1.29 is 4.74 Å². The van der Waals surface area contributed by atoms with Gasteiger partial charge in [-0.15, -0.1) is 0 Å². The maximum Gasteiger partial charge on any atom is 0.137 e. The van der Waals surface area contributed by atoms with Gasteiger partial charge in [-0.2, -0.15) is 0 Å². The van der Waals surface area contributed by atoms with Crippen molar-refractivity contribution in [3.63, 3.8) is 0 Å². The summed E-state index contributed by atoms with van der Waals surface area (Å²) in [6, 6.07) is 11.0. The normalized spacial score (nSPS) is 10.3. The van der Waals surface area contributed by atoms with E-state index in [1.54, 1.807) is 6.07 Å². The van der Waals surface area contributed by atoms with Crippen molar-refractivity contribution in [3.8, 4) is 11.5 Å². The molecule has 0 aliphatic carbocycles. The minimum absolute atomic E-state index is 0.288. The molecule has 0 saturated heterocycles. The van der Waals surface area contributed by atoms with Crippen molar-refractivity contribution in [2.45, 2.75) is 6.92 Å². The van der Waals surface area contributed by atoms with Crippen molar-refractivity contribution >= 4 is 44.7 Å². The lowest BCUT2D eigenvalue weighted by molar-refractivity contribution is 0.478. The average Bonchev–Trinajstić information content (AvgIpc) is 2.35. The van der Waals surface area contributed by atoms with Crippen LogP contribution < -0.4 is 10.5 Å². The quantitative estimate of drug-likeness (QED) is 0.799. The molecule has 2 aromatic rings. The number of thiocarbonyl (C=S) groups is 1. The van der Waals surface area contributed by atoms with Gasteiger partial charge in [0.15, 0.2) is 0 Å². The third-order valence-electron chi connectivity index (χ3n) is 2.58. The lowest BCUT2D eigenvalue weighted by Gasteiger charge is -2.13. The Balaban J connectivity index is 2.43. The molecule has 5 heteroatoms. The van der Waals surface area contributed by atoms with Crippen LogP contribution >= 0.6 is 39.7 Å². The molecule has 0 aliphatic rings. The van der Waals surface area contributed by atoms with Crippen LogP contribution in [-0.2, 0) is 0 Å². The summed E-state index contributed by atoms with van der Waals surface area (Å²) in [4.78, 5) is 0.288. The summed E-state index contributed by atoms with van der Waals surface area (Å²) in [5, 5.41) is 0.620. The van der Waals surface area contributed by atoms with Gasteiger partial charge in [0, 0.05) is 9.50 Å². The van der Waals surface area contributed by atoms with Crippen LogP contribution in [0.4, 0.5) is 0 Å². The van der Waals surface area contributed by atoms with Crippen molar-refractivity contribution in [2.75, 3.05) is 0 Å². The molecular formula is C14H11BrClNOS. The van der Waals surface area contributed by atoms with Gasteiger partial charge in [0.1, 0.15) is 16.5 Å². The van der Waals surface area contributed by atoms with Crippen molar-refractivity contribution in [1.82, 2.24) is 0 Å². The summed E-state index contributed by atoms with van der Waals surface area (Å²) in [5.74, 6) is 1.30. The molecule has 0 atom stereocenters. The predicted octanol–water partition coefficient (Wildman–Crippen LogP) is 4.84. The number of ether oxygens (including phenoxy) is 1. The van der Waals surface area contributed by atoms with Gasteiger partial charge >= 0.3 is 0 Å². The second kappa shape index (κ2) is 5.90. The zero-order valence-electron chi connectivity index (χ0n) is 10.1. The molecule has 2 nitrogen and oxygen atoms in total. The Morgan fingerprint density at radius 2 is 1.95 bits per heavy atom. The van der Waals surface area contributed by atoms with Crippen LogP contribution in [0.15, 0.2) is 40.9 Å². The number of aryl methyl sites for hydroxylation is 1. The number of halogens is 2. The zero-order chi connectivity index (χ0) is 14.0. The lowest BCUT2D eigenvalue weighted by atomic mass is 10.2. The second-order valence-corrected chi connectivity index (χ2v) is 5.81. The SMILES string of the molecule is Cc1ccc(Cl)cc1Oc1ccc(Br)cc1C(N)=S. The molecule has 98 valence electrons. The van der Waals surface area contributed by atoms with Gasteiger partial charge in [0.2, 0.25) is 0 Å². The van der Waals surface area contributed by atoms with Gasteiger partial charge in [-0.25, -0.2) is 0 Å². The first-order chi connectivity index (χ1) is 8.97.